The van der Waals surface area contributed by atoms with Gasteiger partial charge in [0.1, 0.15) is 23.2 Å². The average Bonchev–Trinajstić information content (AvgIpc) is 3.47. The number of aliphatic hydroxyl groups is 2. The number of carbonyl (C=O) groups is 4. The van der Waals surface area contributed by atoms with Crippen LogP contribution in [0.5, 0.6) is 0 Å². The molecule has 10 atom stereocenters. The van der Waals surface area contributed by atoms with E-state index >= 15 is 0 Å². The molecule has 0 radical (unpaired) electrons. The summed E-state index contributed by atoms with van der Waals surface area (Å²) in [5.41, 5.74) is -0.336. The average molecular weight is 509 g/mol. The highest BCUT2D eigenvalue weighted by Gasteiger charge is 2.53. The van der Waals surface area contributed by atoms with Crippen molar-refractivity contribution in [3.05, 3.63) is 47.8 Å². The van der Waals surface area contributed by atoms with Crippen molar-refractivity contribution in [3.8, 4) is 0 Å². The summed E-state index contributed by atoms with van der Waals surface area (Å²) in [7, 11) is 0. The van der Waals surface area contributed by atoms with Crippen LogP contribution in [0.1, 0.15) is 39.5 Å². The van der Waals surface area contributed by atoms with Gasteiger partial charge in [0.25, 0.3) is 5.91 Å². The molecule has 0 spiro atoms. The molecule has 8 nitrogen and oxygen atoms in total. The molecule has 37 heavy (non-hydrogen) atoms. The maximum atomic E-state index is 12.8. The molecule has 0 aromatic rings. The smallest absolute Gasteiger partial charge is 0.259 e. The molecule has 5 rings (SSSR count). The third-order valence-corrected chi connectivity index (χ3v) is 9.43. The summed E-state index contributed by atoms with van der Waals surface area (Å²) in [4.78, 5) is 50.1. The number of amides is 2. The van der Waals surface area contributed by atoms with Gasteiger partial charge in [0.05, 0.1) is 6.10 Å². The maximum absolute atomic E-state index is 12.8. The minimum Gasteiger partial charge on any atom is -0.507 e. The third-order valence-electron chi connectivity index (χ3n) is 9.43. The lowest BCUT2D eigenvalue weighted by Gasteiger charge is -2.35. The van der Waals surface area contributed by atoms with E-state index in [1.54, 1.807) is 6.92 Å². The number of carbonyl (C=O) groups excluding carboxylic acids is 4. The van der Waals surface area contributed by atoms with E-state index in [0.717, 1.165) is 12.8 Å². The Morgan fingerprint density at radius 3 is 2.49 bits per heavy atom. The topological polar surface area (TPSA) is 133 Å². The Balaban J connectivity index is 1.47. The van der Waals surface area contributed by atoms with Crippen molar-refractivity contribution in [2.45, 2.75) is 51.7 Å². The maximum Gasteiger partial charge on any atom is 0.259 e. The number of nitrogens with one attached hydrogen (secondary N) is 2. The van der Waals surface area contributed by atoms with Crippen LogP contribution in [-0.4, -0.2) is 52.3 Å². The summed E-state index contributed by atoms with van der Waals surface area (Å²) in [5, 5.41) is 26.3. The summed E-state index contributed by atoms with van der Waals surface area (Å²) < 4.78 is 0. The summed E-state index contributed by atoms with van der Waals surface area (Å²) >= 11 is 0. The SMILES string of the molecule is CC(=O)[C@H]1[C@@H]2C=C[C@@H]3[C@H]4CC=CC(=O)NCCC(O)[C@@H]5NC(=O)C(=C(O)C=C[C@@H]4C[C@@H]3[C@H]2C[C@H]1C)C5=O. The van der Waals surface area contributed by atoms with Gasteiger partial charge in [-0.05, 0) is 86.2 Å². The highest BCUT2D eigenvalue weighted by Crippen LogP contribution is 2.58. The second-order valence-corrected chi connectivity index (χ2v) is 11.5. The van der Waals surface area contributed by atoms with Gasteiger partial charge >= 0.3 is 0 Å². The van der Waals surface area contributed by atoms with Crippen LogP contribution in [0.3, 0.4) is 0 Å². The van der Waals surface area contributed by atoms with Crippen molar-refractivity contribution < 1.29 is 29.4 Å². The molecule has 3 fully saturated rings. The number of Topliss-reactive ketones (excluding diaryl/α,β-unsaturated/α-hetero) is 2. The second-order valence-electron chi connectivity index (χ2n) is 11.5. The van der Waals surface area contributed by atoms with E-state index in [-0.39, 0.29) is 65.6 Å². The van der Waals surface area contributed by atoms with Crippen LogP contribution >= 0.6 is 0 Å². The monoisotopic (exact) mass is 508 g/mol. The van der Waals surface area contributed by atoms with Crippen molar-refractivity contribution in [3.63, 3.8) is 0 Å². The van der Waals surface area contributed by atoms with Crippen molar-refractivity contribution in [1.29, 1.82) is 0 Å². The lowest BCUT2D eigenvalue weighted by molar-refractivity contribution is -0.123. The molecule has 198 valence electrons. The number of aliphatic hydroxyl groups excluding tert-OH is 2. The number of hydrogen-bond donors (Lipinski definition) is 4. The fraction of sp³-hybridized carbons (Fsp3) is 0.586. The van der Waals surface area contributed by atoms with Crippen LogP contribution < -0.4 is 10.6 Å². The molecule has 2 heterocycles. The zero-order valence-electron chi connectivity index (χ0n) is 21.3. The van der Waals surface area contributed by atoms with Crippen LogP contribution in [0.4, 0.5) is 0 Å². The predicted molar refractivity (Wildman–Crippen MR) is 136 cm³/mol. The molecule has 3 aliphatic carbocycles. The Hall–Kier alpha value is -3.00. The Morgan fingerprint density at radius 1 is 1.00 bits per heavy atom. The lowest BCUT2D eigenvalue weighted by Crippen LogP contribution is -2.42. The Morgan fingerprint density at radius 2 is 1.73 bits per heavy atom. The highest BCUT2D eigenvalue weighted by atomic mass is 16.3. The molecule has 2 saturated carbocycles. The highest BCUT2D eigenvalue weighted by molar-refractivity contribution is 6.27. The van der Waals surface area contributed by atoms with Gasteiger partial charge < -0.3 is 20.8 Å². The number of ketones is 2. The van der Waals surface area contributed by atoms with Crippen molar-refractivity contribution >= 4 is 23.4 Å². The molecular formula is C29H36N2O6. The van der Waals surface area contributed by atoms with Crippen LogP contribution in [0, 0.1) is 47.3 Å². The fourth-order valence-electron chi connectivity index (χ4n) is 7.84. The van der Waals surface area contributed by atoms with E-state index in [1.807, 2.05) is 12.2 Å². The van der Waals surface area contributed by atoms with Gasteiger partial charge in [0.15, 0.2) is 5.78 Å². The minimum atomic E-state index is -1.18. The number of allylic oxidation sites excluding steroid dienone is 5. The van der Waals surface area contributed by atoms with Crippen LogP contribution in [0.2, 0.25) is 0 Å². The summed E-state index contributed by atoms with van der Waals surface area (Å²) in [6.45, 7) is 4.01. The minimum absolute atomic E-state index is 0.0530. The molecule has 2 bridgehead atoms. The molecule has 5 aliphatic rings. The van der Waals surface area contributed by atoms with Crippen molar-refractivity contribution in [1.82, 2.24) is 10.6 Å². The molecule has 2 amide bonds. The number of fused-ring (bicyclic) bond motifs is 7. The van der Waals surface area contributed by atoms with Gasteiger partial charge in [-0.15, -0.1) is 0 Å². The quantitative estimate of drug-likeness (QED) is 0.317. The third kappa shape index (κ3) is 4.60. The standard InChI is InChI=1S/C29H36N2O6/c1-14-12-20-19(25(14)15(2)32)8-7-18-17-4-3-5-24(35)30-11-10-23(34)27-28(36)26(29(37)31-27)22(33)9-6-16(17)13-21(18)20/h3,5-9,14,16-21,23,25,27,33-34H,4,10-13H2,1-2H3,(H,30,35)(H,31,37)/t14-,16-,17+,18-,19-,20+,21+,23?,25+,27+/m1/s1. The van der Waals surface area contributed by atoms with E-state index in [2.05, 4.69) is 29.7 Å². The summed E-state index contributed by atoms with van der Waals surface area (Å²) in [6.07, 6.45) is 12.7. The van der Waals surface area contributed by atoms with Gasteiger partial charge in [0.2, 0.25) is 5.91 Å². The fourth-order valence-corrected chi connectivity index (χ4v) is 7.84. The Kier molecular flexibility index (Phi) is 6.96. The number of hydrogen-bond acceptors (Lipinski definition) is 6. The van der Waals surface area contributed by atoms with E-state index in [0.29, 0.717) is 24.2 Å². The first-order valence-corrected chi connectivity index (χ1v) is 13.4. The van der Waals surface area contributed by atoms with Crippen LogP contribution in [0.15, 0.2) is 47.8 Å². The normalized spacial score (nSPS) is 41.8. The number of rotatable bonds is 1. The van der Waals surface area contributed by atoms with Crippen LogP contribution in [0.25, 0.3) is 0 Å². The molecular weight excluding hydrogens is 472 g/mol. The van der Waals surface area contributed by atoms with Crippen LogP contribution in [-0.2, 0) is 19.2 Å². The van der Waals surface area contributed by atoms with Crippen molar-refractivity contribution in [2.75, 3.05) is 6.54 Å². The van der Waals surface area contributed by atoms with E-state index < -0.39 is 23.8 Å². The molecule has 4 N–H and O–H groups in total. The molecule has 8 heteroatoms. The molecule has 1 unspecified atom stereocenters. The summed E-state index contributed by atoms with van der Waals surface area (Å²) in [6, 6.07) is -1.15. The second kappa shape index (κ2) is 10.0. The van der Waals surface area contributed by atoms with Gasteiger partial charge in [0, 0.05) is 12.5 Å². The molecule has 0 aromatic heterocycles. The van der Waals surface area contributed by atoms with Gasteiger partial charge in [-0.1, -0.05) is 31.2 Å². The zero-order chi connectivity index (χ0) is 26.4. The van der Waals surface area contributed by atoms with Crippen molar-refractivity contribution in [2.24, 2.45) is 47.3 Å². The predicted octanol–water partition coefficient (Wildman–Crippen LogP) is 2.16. The van der Waals surface area contributed by atoms with Gasteiger partial charge in [-0.25, -0.2) is 0 Å². The first-order chi connectivity index (χ1) is 17.7. The van der Waals surface area contributed by atoms with E-state index in [9.17, 15) is 29.4 Å². The zero-order valence-corrected chi connectivity index (χ0v) is 21.3. The van der Waals surface area contributed by atoms with Gasteiger partial charge in [-0.3, -0.25) is 19.2 Å². The van der Waals surface area contributed by atoms with E-state index in [4.69, 9.17) is 0 Å². The summed E-state index contributed by atoms with van der Waals surface area (Å²) in [5.74, 6) is 0.217. The van der Waals surface area contributed by atoms with E-state index in [1.165, 1.54) is 12.2 Å². The Bertz CT molecular complexity index is 1120. The first-order valence-electron chi connectivity index (χ1n) is 13.4. The van der Waals surface area contributed by atoms with Gasteiger partial charge in [-0.2, -0.15) is 0 Å². The molecule has 0 aromatic carbocycles. The molecule has 2 aliphatic heterocycles. The molecule has 1 saturated heterocycles. The largest absolute Gasteiger partial charge is 0.507 e. The lowest BCUT2D eigenvalue weighted by atomic mass is 9.69. The first kappa shape index (κ1) is 25.6. The Labute approximate surface area is 217 Å².